The number of benzene rings is 2. The van der Waals surface area contributed by atoms with Gasteiger partial charge in [0.05, 0.1) is 0 Å². The normalized spacial score (nSPS) is 18.4. The first kappa shape index (κ1) is 18.5. The zero-order valence-corrected chi connectivity index (χ0v) is 16.0. The van der Waals surface area contributed by atoms with Crippen molar-refractivity contribution in [3.05, 3.63) is 65.2 Å². The summed E-state index contributed by atoms with van der Waals surface area (Å²) in [6.45, 7) is 9.87. The molecule has 1 aliphatic heterocycles. The first-order valence-electron chi connectivity index (χ1n) is 9.44. The van der Waals surface area contributed by atoms with E-state index >= 15 is 0 Å². The molecule has 1 aliphatic rings. The molecule has 0 aliphatic carbocycles. The Kier molecular flexibility index (Phi) is 5.94. The lowest BCUT2D eigenvalue weighted by Gasteiger charge is -2.27. The van der Waals surface area contributed by atoms with Gasteiger partial charge in [0, 0.05) is 37.9 Å². The van der Waals surface area contributed by atoms with Crippen molar-refractivity contribution in [1.82, 2.24) is 9.80 Å². The maximum atomic E-state index is 12.8. The Bertz CT molecular complexity index is 744. The van der Waals surface area contributed by atoms with E-state index in [1.807, 2.05) is 30.0 Å². The van der Waals surface area contributed by atoms with Crippen molar-refractivity contribution in [2.24, 2.45) is 0 Å². The standard InChI is InChI=1S/C22H29N3O/c1-17-9-10-21(18(2)15-17)23-22(26)25-14-13-24(12-11-19(25)3)16-20-7-5-4-6-8-20/h4-10,15,19H,11-14,16H2,1-3H3,(H,23,26). The molecule has 1 N–H and O–H groups in total. The Morgan fingerprint density at radius 3 is 2.58 bits per heavy atom. The highest BCUT2D eigenvalue weighted by Gasteiger charge is 2.25. The van der Waals surface area contributed by atoms with Crippen molar-refractivity contribution >= 4 is 11.7 Å². The highest BCUT2D eigenvalue weighted by atomic mass is 16.2. The Hall–Kier alpha value is -2.33. The number of hydrogen-bond acceptors (Lipinski definition) is 2. The number of aryl methyl sites for hydroxylation is 2. The van der Waals surface area contributed by atoms with Crippen LogP contribution in [-0.2, 0) is 6.54 Å². The van der Waals surface area contributed by atoms with Crippen LogP contribution in [0.25, 0.3) is 0 Å². The molecule has 0 bridgehead atoms. The Morgan fingerprint density at radius 2 is 1.85 bits per heavy atom. The highest BCUT2D eigenvalue weighted by Crippen LogP contribution is 2.19. The van der Waals surface area contributed by atoms with Gasteiger partial charge in [0.1, 0.15) is 0 Å². The van der Waals surface area contributed by atoms with Gasteiger partial charge < -0.3 is 10.2 Å². The number of carbonyl (C=O) groups excluding carboxylic acids is 1. The largest absolute Gasteiger partial charge is 0.322 e. The highest BCUT2D eigenvalue weighted by molar-refractivity contribution is 5.90. The van der Waals surface area contributed by atoms with Gasteiger partial charge in [0.15, 0.2) is 0 Å². The van der Waals surface area contributed by atoms with E-state index in [1.54, 1.807) is 0 Å². The zero-order valence-electron chi connectivity index (χ0n) is 16.0. The summed E-state index contributed by atoms with van der Waals surface area (Å²) in [7, 11) is 0. The molecule has 2 aromatic rings. The van der Waals surface area contributed by atoms with Crippen LogP contribution in [0.15, 0.2) is 48.5 Å². The van der Waals surface area contributed by atoms with E-state index in [-0.39, 0.29) is 12.1 Å². The maximum Gasteiger partial charge on any atom is 0.322 e. The number of carbonyl (C=O) groups is 1. The summed E-state index contributed by atoms with van der Waals surface area (Å²) in [5, 5.41) is 3.10. The number of amides is 2. The van der Waals surface area contributed by atoms with Crippen LogP contribution in [0.1, 0.15) is 30.0 Å². The van der Waals surface area contributed by atoms with Crippen molar-refractivity contribution in [1.29, 1.82) is 0 Å². The monoisotopic (exact) mass is 351 g/mol. The van der Waals surface area contributed by atoms with Crippen LogP contribution < -0.4 is 5.32 Å². The average Bonchev–Trinajstić information content (AvgIpc) is 2.80. The fourth-order valence-corrected chi connectivity index (χ4v) is 3.55. The second-order valence-corrected chi connectivity index (χ2v) is 7.34. The minimum Gasteiger partial charge on any atom is -0.320 e. The summed E-state index contributed by atoms with van der Waals surface area (Å²) < 4.78 is 0. The fourth-order valence-electron chi connectivity index (χ4n) is 3.55. The molecular formula is C22H29N3O. The van der Waals surface area contributed by atoms with Crippen molar-refractivity contribution < 1.29 is 4.79 Å². The van der Waals surface area contributed by atoms with Crippen LogP contribution in [0.4, 0.5) is 10.5 Å². The van der Waals surface area contributed by atoms with Crippen molar-refractivity contribution in [2.45, 2.75) is 39.8 Å². The van der Waals surface area contributed by atoms with Gasteiger partial charge in [-0.25, -0.2) is 4.79 Å². The number of hydrogen-bond donors (Lipinski definition) is 1. The smallest absolute Gasteiger partial charge is 0.320 e. The van der Waals surface area contributed by atoms with Gasteiger partial charge in [0.25, 0.3) is 0 Å². The third kappa shape index (κ3) is 4.64. The van der Waals surface area contributed by atoms with Gasteiger partial charge in [-0.3, -0.25) is 4.90 Å². The second-order valence-electron chi connectivity index (χ2n) is 7.34. The first-order chi connectivity index (χ1) is 12.5. The molecule has 4 heteroatoms. The fraction of sp³-hybridized carbons (Fsp3) is 0.409. The van der Waals surface area contributed by atoms with Gasteiger partial charge in [-0.1, -0.05) is 48.0 Å². The number of urea groups is 1. The first-order valence-corrected chi connectivity index (χ1v) is 9.44. The lowest BCUT2D eigenvalue weighted by molar-refractivity contribution is 0.194. The van der Waals surface area contributed by atoms with Gasteiger partial charge in [-0.2, -0.15) is 0 Å². The van der Waals surface area contributed by atoms with Crippen LogP contribution in [-0.4, -0.2) is 41.5 Å². The number of rotatable bonds is 3. The predicted molar refractivity (Wildman–Crippen MR) is 107 cm³/mol. The van der Waals surface area contributed by atoms with Gasteiger partial charge in [-0.15, -0.1) is 0 Å². The van der Waals surface area contributed by atoms with E-state index in [2.05, 4.69) is 54.4 Å². The number of nitrogens with one attached hydrogen (secondary N) is 1. The molecule has 0 saturated carbocycles. The molecular weight excluding hydrogens is 322 g/mol. The molecule has 1 heterocycles. The topological polar surface area (TPSA) is 35.6 Å². The van der Waals surface area contributed by atoms with E-state index in [4.69, 9.17) is 0 Å². The van der Waals surface area contributed by atoms with Crippen LogP contribution in [0, 0.1) is 13.8 Å². The summed E-state index contributed by atoms with van der Waals surface area (Å²) >= 11 is 0. The van der Waals surface area contributed by atoms with E-state index in [0.717, 1.165) is 43.9 Å². The van der Waals surface area contributed by atoms with E-state index in [1.165, 1.54) is 11.1 Å². The molecule has 1 fully saturated rings. The number of anilines is 1. The molecule has 138 valence electrons. The summed E-state index contributed by atoms with van der Waals surface area (Å²) in [5.41, 5.74) is 4.54. The molecule has 0 aromatic heterocycles. The van der Waals surface area contributed by atoms with E-state index < -0.39 is 0 Å². The third-order valence-electron chi connectivity index (χ3n) is 5.19. The van der Waals surface area contributed by atoms with Crippen molar-refractivity contribution in [3.8, 4) is 0 Å². The summed E-state index contributed by atoms with van der Waals surface area (Å²) in [6, 6.07) is 16.9. The van der Waals surface area contributed by atoms with Crippen LogP contribution in [0.5, 0.6) is 0 Å². The van der Waals surface area contributed by atoms with Crippen molar-refractivity contribution in [3.63, 3.8) is 0 Å². The second kappa shape index (κ2) is 8.37. The van der Waals surface area contributed by atoms with E-state index in [0.29, 0.717) is 0 Å². The van der Waals surface area contributed by atoms with Crippen LogP contribution in [0.3, 0.4) is 0 Å². The molecule has 0 spiro atoms. The molecule has 0 radical (unpaired) electrons. The molecule has 1 unspecified atom stereocenters. The molecule has 1 atom stereocenters. The molecule has 2 amide bonds. The molecule has 2 aromatic carbocycles. The molecule has 4 nitrogen and oxygen atoms in total. The van der Waals surface area contributed by atoms with Crippen LogP contribution in [0.2, 0.25) is 0 Å². The molecule has 3 rings (SSSR count). The maximum absolute atomic E-state index is 12.8. The Morgan fingerprint density at radius 1 is 1.08 bits per heavy atom. The molecule has 26 heavy (non-hydrogen) atoms. The van der Waals surface area contributed by atoms with Gasteiger partial charge >= 0.3 is 6.03 Å². The SMILES string of the molecule is Cc1ccc(NC(=O)N2CCN(Cc3ccccc3)CCC2C)c(C)c1. The summed E-state index contributed by atoms with van der Waals surface area (Å²) in [5.74, 6) is 0. The Balaban J connectivity index is 1.62. The molecule has 1 saturated heterocycles. The Labute approximate surface area is 156 Å². The van der Waals surface area contributed by atoms with Gasteiger partial charge in [-0.05, 0) is 44.4 Å². The third-order valence-corrected chi connectivity index (χ3v) is 5.19. The summed E-state index contributed by atoms with van der Waals surface area (Å²) in [6.07, 6.45) is 0.993. The predicted octanol–water partition coefficient (Wildman–Crippen LogP) is 4.43. The quantitative estimate of drug-likeness (QED) is 0.888. The van der Waals surface area contributed by atoms with E-state index in [9.17, 15) is 4.79 Å². The lowest BCUT2D eigenvalue weighted by atomic mass is 10.1. The van der Waals surface area contributed by atoms with Crippen LogP contribution >= 0.6 is 0 Å². The van der Waals surface area contributed by atoms with Gasteiger partial charge in [0.2, 0.25) is 0 Å². The average molecular weight is 351 g/mol. The van der Waals surface area contributed by atoms with Crippen molar-refractivity contribution in [2.75, 3.05) is 25.0 Å². The minimum absolute atomic E-state index is 0.00557. The lowest BCUT2D eigenvalue weighted by Crippen LogP contribution is -2.42. The minimum atomic E-state index is 0.00557. The number of nitrogens with zero attached hydrogens (tertiary/aromatic N) is 2. The summed E-state index contributed by atoms with van der Waals surface area (Å²) in [4.78, 5) is 17.2. The zero-order chi connectivity index (χ0) is 18.5.